The van der Waals surface area contributed by atoms with Crippen molar-refractivity contribution in [1.82, 2.24) is 15.0 Å². The minimum atomic E-state index is -0.279. The molecule has 5 aromatic rings. The second kappa shape index (κ2) is 7.04. The first-order valence-corrected chi connectivity index (χ1v) is 9.47. The Bertz CT molecular complexity index is 1340. The van der Waals surface area contributed by atoms with Crippen molar-refractivity contribution in [3.63, 3.8) is 0 Å². The van der Waals surface area contributed by atoms with Gasteiger partial charge in [0.25, 0.3) is 5.91 Å². The van der Waals surface area contributed by atoms with Crippen molar-refractivity contribution >= 4 is 45.1 Å². The number of nitrogens with zero attached hydrogens (tertiary/aromatic N) is 2. The monoisotopic (exact) mass is 398 g/mol. The van der Waals surface area contributed by atoms with Crippen molar-refractivity contribution in [3.05, 3.63) is 89.4 Å². The second-order valence-electron chi connectivity index (χ2n) is 6.61. The van der Waals surface area contributed by atoms with E-state index < -0.39 is 0 Å². The fourth-order valence-electron chi connectivity index (χ4n) is 3.29. The van der Waals surface area contributed by atoms with Crippen molar-refractivity contribution < 1.29 is 4.79 Å². The van der Waals surface area contributed by atoms with Crippen LogP contribution in [0.3, 0.4) is 0 Å². The van der Waals surface area contributed by atoms with Gasteiger partial charge in [-0.05, 0) is 36.4 Å². The molecule has 2 N–H and O–H groups in total. The van der Waals surface area contributed by atoms with Gasteiger partial charge < -0.3 is 10.3 Å². The smallest absolute Gasteiger partial charge is 0.257 e. The maximum atomic E-state index is 12.7. The molecule has 3 aromatic carbocycles. The summed E-state index contributed by atoms with van der Waals surface area (Å²) in [5.41, 5.74) is 4.25. The summed E-state index contributed by atoms with van der Waals surface area (Å²) in [6, 6.07) is 24.3. The molecule has 29 heavy (non-hydrogen) atoms. The van der Waals surface area contributed by atoms with Crippen LogP contribution in [-0.4, -0.2) is 20.9 Å². The first kappa shape index (κ1) is 17.4. The predicted molar refractivity (Wildman–Crippen MR) is 116 cm³/mol. The van der Waals surface area contributed by atoms with Crippen LogP contribution >= 0.6 is 11.6 Å². The zero-order valence-corrected chi connectivity index (χ0v) is 15.9. The standard InChI is InChI=1S/C23H15ClN4O/c24-16-8-2-1-7-15(16)23(29)28-19-11-5-6-14-12-13-20(25-21(14)19)22-26-17-9-3-4-10-18(17)27-22/h1-13H,(H,26,27)(H,28,29). The number of pyridine rings is 1. The van der Waals surface area contributed by atoms with Gasteiger partial charge in [-0.2, -0.15) is 0 Å². The second-order valence-corrected chi connectivity index (χ2v) is 7.02. The van der Waals surface area contributed by atoms with E-state index in [9.17, 15) is 4.79 Å². The van der Waals surface area contributed by atoms with E-state index in [1.807, 2.05) is 54.6 Å². The lowest BCUT2D eigenvalue weighted by Gasteiger charge is -2.10. The van der Waals surface area contributed by atoms with Crippen LogP contribution in [0.15, 0.2) is 78.9 Å². The van der Waals surface area contributed by atoms with Crippen LogP contribution < -0.4 is 5.32 Å². The average molecular weight is 399 g/mol. The number of benzene rings is 3. The lowest BCUT2D eigenvalue weighted by Crippen LogP contribution is -2.13. The van der Waals surface area contributed by atoms with Crippen LogP contribution in [0, 0.1) is 0 Å². The summed E-state index contributed by atoms with van der Waals surface area (Å²) in [7, 11) is 0. The molecule has 5 nitrogen and oxygen atoms in total. The maximum absolute atomic E-state index is 12.7. The number of nitrogens with one attached hydrogen (secondary N) is 2. The van der Waals surface area contributed by atoms with Gasteiger partial charge in [-0.1, -0.05) is 54.1 Å². The van der Waals surface area contributed by atoms with Crippen LogP contribution in [0.1, 0.15) is 10.4 Å². The van der Waals surface area contributed by atoms with E-state index in [-0.39, 0.29) is 5.91 Å². The van der Waals surface area contributed by atoms with Crippen molar-refractivity contribution in [2.75, 3.05) is 5.32 Å². The van der Waals surface area contributed by atoms with E-state index in [4.69, 9.17) is 16.6 Å². The molecule has 0 unspecified atom stereocenters. The van der Waals surface area contributed by atoms with Crippen molar-refractivity contribution in [1.29, 1.82) is 0 Å². The lowest BCUT2D eigenvalue weighted by molar-refractivity contribution is 0.102. The topological polar surface area (TPSA) is 70.7 Å². The van der Waals surface area contributed by atoms with E-state index in [1.54, 1.807) is 24.3 Å². The number of imidazole rings is 1. The quantitative estimate of drug-likeness (QED) is 0.410. The number of aromatic nitrogens is 3. The molecule has 6 heteroatoms. The molecule has 1 amide bonds. The van der Waals surface area contributed by atoms with Crippen LogP contribution in [0.25, 0.3) is 33.5 Å². The zero-order chi connectivity index (χ0) is 19.8. The third-order valence-corrected chi connectivity index (χ3v) is 5.05. The number of carbonyl (C=O) groups excluding carboxylic acids is 1. The van der Waals surface area contributed by atoms with Gasteiger partial charge in [-0.15, -0.1) is 0 Å². The fourth-order valence-corrected chi connectivity index (χ4v) is 3.51. The van der Waals surface area contributed by atoms with Gasteiger partial charge in [0.2, 0.25) is 0 Å². The molecule has 0 bridgehead atoms. The molecule has 140 valence electrons. The van der Waals surface area contributed by atoms with Crippen LogP contribution in [0.4, 0.5) is 5.69 Å². The Kier molecular flexibility index (Phi) is 4.22. The molecule has 2 aromatic heterocycles. The third kappa shape index (κ3) is 3.22. The van der Waals surface area contributed by atoms with Gasteiger partial charge in [0, 0.05) is 5.39 Å². The third-order valence-electron chi connectivity index (χ3n) is 4.72. The average Bonchev–Trinajstić information content (AvgIpc) is 3.18. The van der Waals surface area contributed by atoms with Crippen LogP contribution in [-0.2, 0) is 0 Å². The van der Waals surface area contributed by atoms with E-state index in [1.165, 1.54) is 0 Å². The number of amides is 1. The molecular formula is C23H15ClN4O. The zero-order valence-electron chi connectivity index (χ0n) is 15.2. The minimum Gasteiger partial charge on any atom is -0.337 e. The largest absolute Gasteiger partial charge is 0.337 e. The Morgan fingerprint density at radius 3 is 2.55 bits per heavy atom. The summed E-state index contributed by atoms with van der Waals surface area (Å²) < 4.78 is 0. The van der Waals surface area contributed by atoms with E-state index in [0.717, 1.165) is 16.4 Å². The Labute approximate surface area is 171 Å². The Morgan fingerprint density at radius 1 is 0.862 bits per heavy atom. The van der Waals surface area contributed by atoms with Crippen molar-refractivity contribution in [3.8, 4) is 11.5 Å². The molecule has 0 radical (unpaired) electrons. The number of halogens is 1. The highest BCUT2D eigenvalue weighted by Gasteiger charge is 2.13. The number of anilines is 1. The summed E-state index contributed by atoms with van der Waals surface area (Å²) in [6.45, 7) is 0. The SMILES string of the molecule is O=C(Nc1cccc2ccc(-c3nc4ccccc4[nH]3)nc12)c1ccccc1Cl. The van der Waals surface area contributed by atoms with Gasteiger partial charge >= 0.3 is 0 Å². The summed E-state index contributed by atoms with van der Waals surface area (Å²) in [5, 5.41) is 4.25. The molecule has 0 atom stereocenters. The Balaban J connectivity index is 1.57. The number of fused-ring (bicyclic) bond motifs is 2. The molecule has 0 spiro atoms. The molecule has 0 aliphatic heterocycles. The predicted octanol–water partition coefficient (Wildman–Crippen LogP) is 5.68. The number of hydrogen-bond acceptors (Lipinski definition) is 3. The number of hydrogen-bond donors (Lipinski definition) is 2. The number of H-pyrrole nitrogens is 1. The number of rotatable bonds is 3. The van der Waals surface area contributed by atoms with Gasteiger partial charge in [0.05, 0.1) is 32.8 Å². The van der Waals surface area contributed by atoms with Gasteiger partial charge in [0.15, 0.2) is 5.82 Å². The molecule has 0 aliphatic rings. The number of para-hydroxylation sites is 3. The van der Waals surface area contributed by atoms with Crippen molar-refractivity contribution in [2.45, 2.75) is 0 Å². The first-order valence-electron chi connectivity index (χ1n) is 9.10. The van der Waals surface area contributed by atoms with Gasteiger partial charge in [-0.3, -0.25) is 4.79 Å². The lowest BCUT2D eigenvalue weighted by atomic mass is 10.1. The summed E-state index contributed by atoms with van der Waals surface area (Å²) in [6.07, 6.45) is 0. The molecule has 5 rings (SSSR count). The fraction of sp³-hybridized carbons (Fsp3) is 0. The minimum absolute atomic E-state index is 0.279. The highest BCUT2D eigenvalue weighted by atomic mass is 35.5. The Hall–Kier alpha value is -3.70. The number of carbonyl (C=O) groups is 1. The molecule has 0 fully saturated rings. The summed E-state index contributed by atoms with van der Waals surface area (Å²) >= 11 is 6.16. The van der Waals surface area contributed by atoms with Gasteiger partial charge in [-0.25, -0.2) is 9.97 Å². The molecule has 0 saturated heterocycles. The van der Waals surface area contributed by atoms with Gasteiger partial charge in [0.1, 0.15) is 5.69 Å². The van der Waals surface area contributed by atoms with Crippen LogP contribution in [0.5, 0.6) is 0 Å². The van der Waals surface area contributed by atoms with Crippen LogP contribution in [0.2, 0.25) is 5.02 Å². The molecule has 0 aliphatic carbocycles. The Morgan fingerprint density at radius 2 is 1.69 bits per heavy atom. The van der Waals surface area contributed by atoms with E-state index in [0.29, 0.717) is 33.3 Å². The molecular weight excluding hydrogens is 384 g/mol. The summed E-state index contributed by atoms with van der Waals surface area (Å²) in [5.74, 6) is 0.402. The van der Waals surface area contributed by atoms with Crippen molar-refractivity contribution in [2.24, 2.45) is 0 Å². The maximum Gasteiger partial charge on any atom is 0.257 e. The molecule has 2 heterocycles. The first-order chi connectivity index (χ1) is 14.2. The summed E-state index contributed by atoms with van der Waals surface area (Å²) in [4.78, 5) is 25.4. The highest BCUT2D eigenvalue weighted by molar-refractivity contribution is 6.34. The van der Waals surface area contributed by atoms with E-state index in [2.05, 4.69) is 15.3 Å². The number of aromatic amines is 1. The van der Waals surface area contributed by atoms with E-state index >= 15 is 0 Å². The molecule has 0 saturated carbocycles. The highest BCUT2D eigenvalue weighted by Crippen LogP contribution is 2.27. The normalized spacial score (nSPS) is 11.1.